The third-order valence-corrected chi connectivity index (χ3v) is 4.12. The molecule has 6 nitrogen and oxygen atoms in total. The molecule has 0 aromatic carbocycles. The van der Waals surface area contributed by atoms with Crippen LogP contribution in [0.15, 0.2) is 0 Å². The second-order valence-corrected chi connectivity index (χ2v) is 6.03. The lowest BCUT2D eigenvalue weighted by Gasteiger charge is -2.26. The number of sulfone groups is 1. The van der Waals surface area contributed by atoms with E-state index in [-0.39, 0.29) is 11.5 Å². The first kappa shape index (κ1) is 12.4. The minimum absolute atomic E-state index is 0.162. The van der Waals surface area contributed by atoms with Crippen molar-refractivity contribution in [2.45, 2.75) is 12.5 Å². The van der Waals surface area contributed by atoms with Gasteiger partial charge in [0, 0.05) is 19.6 Å². The van der Waals surface area contributed by atoms with E-state index in [1.807, 2.05) is 4.90 Å². The summed E-state index contributed by atoms with van der Waals surface area (Å²) >= 11 is 0. The summed E-state index contributed by atoms with van der Waals surface area (Å²) in [4.78, 5) is 12.4. The van der Waals surface area contributed by atoms with Gasteiger partial charge < -0.3 is 15.7 Å². The molecule has 0 radical (unpaired) electrons. The molecule has 0 saturated carbocycles. The molecule has 1 aliphatic heterocycles. The minimum Gasteiger partial charge on any atom is -0.480 e. The molecule has 1 fully saturated rings. The molecular formula is C8H16N2O4S. The van der Waals surface area contributed by atoms with Crippen LogP contribution in [0.1, 0.15) is 6.42 Å². The van der Waals surface area contributed by atoms with E-state index in [1.165, 1.54) is 0 Å². The zero-order valence-corrected chi connectivity index (χ0v) is 9.24. The lowest BCUT2D eigenvalue weighted by molar-refractivity contribution is -0.138. The second kappa shape index (κ2) is 4.91. The van der Waals surface area contributed by atoms with Crippen molar-refractivity contribution in [3.05, 3.63) is 0 Å². The predicted octanol–water partition coefficient (Wildman–Crippen LogP) is -1.48. The molecule has 1 aliphatic rings. The molecule has 1 unspecified atom stereocenters. The molecule has 15 heavy (non-hydrogen) atoms. The molecule has 1 heterocycles. The van der Waals surface area contributed by atoms with E-state index in [0.29, 0.717) is 26.1 Å². The van der Waals surface area contributed by atoms with Crippen LogP contribution in [0.3, 0.4) is 0 Å². The highest BCUT2D eigenvalue weighted by atomic mass is 32.2. The molecule has 0 spiro atoms. The normalized spacial score (nSPS) is 23.5. The first-order valence-corrected chi connectivity index (χ1v) is 6.64. The van der Waals surface area contributed by atoms with Crippen LogP contribution in [-0.4, -0.2) is 61.6 Å². The van der Waals surface area contributed by atoms with Gasteiger partial charge in [-0.2, -0.15) is 0 Å². The molecule has 0 amide bonds. The number of hydrogen-bond acceptors (Lipinski definition) is 5. The minimum atomic E-state index is -2.86. The number of carboxylic acid groups (broad SMARTS) is 1. The number of carboxylic acids is 1. The van der Waals surface area contributed by atoms with Gasteiger partial charge in [0.1, 0.15) is 6.04 Å². The van der Waals surface area contributed by atoms with E-state index in [4.69, 9.17) is 10.8 Å². The maximum absolute atomic E-state index is 11.1. The molecule has 7 heteroatoms. The standard InChI is InChI=1S/C8H16N2O4S/c9-7(8(11)12)1-2-10-3-5-15(13,14)6-4-10/h7H,1-6,9H2,(H,11,12). The van der Waals surface area contributed by atoms with Gasteiger partial charge in [-0.3, -0.25) is 4.79 Å². The Balaban J connectivity index is 2.28. The summed E-state index contributed by atoms with van der Waals surface area (Å²) in [6.07, 6.45) is 0.357. The Labute approximate surface area is 89.0 Å². The van der Waals surface area contributed by atoms with Crippen molar-refractivity contribution in [3.8, 4) is 0 Å². The Bertz CT molecular complexity index is 314. The molecule has 0 bridgehead atoms. The molecule has 0 aromatic heterocycles. The van der Waals surface area contributed by atoms with E-state index in [0.717, 1.165) is 0 Å². The number of aliphatic carboxylic acids is 1. The summed E-state index contributed by atoms with van der Waals surface area (Å²) in [6, 6.07) is -0.858. The van der Waals surface area contributed by atoms with Crippen molar-refractivity contribution >= 4 is 15.8 Å². The van der Waals surface area contributed by atoms with Crippen molar-refractivity contribution < 1.29 is 18.3 Å². The Morgan fingerprint density at radius 1 is 1.40 bits per heavy atom. The first-order chi connectivity index (χ1) is 6.91. The Morgan fingerprint density at radius 3 is 2.40 bits per heavy atom. The lowest BCUT2D eigenvalue weighted by atomic mass is 10.2. The maximum Gasteiger partial charge on any atom is 0.320 e. The van der Waals surface area contributed by atoms with E-state index in [9.17, 15) is 13.2 Å². The van der Waals surface area contributed by atoms with Crippen molar-refractivity contribution in [3.63, 3.8) is 0 Å². The second-order valence-electron chi connectivity index (χ2n) is 3.73. The summed E-state index contributed by atoms with van der Waals surface area (Å²) in [6.45, 7) is 1.51. The first-order valence-electron chi connectivity index (χ1n) is 4.82. The van der Waals surface area contributed by atoms with Crippen LogP contribution >= 0.6 is 0 Å². The highest BCUT2D eigenvalue weighted by molar-refractivity contribution is 7.91. The largest absolute Gasteiger partial charge is 0.480 e. The van der Waals surface area contributed by atoms with Gasteiger partial charge in [0.15, 0.2) is 9.84 Å². The zero-order valence-electron chi connectivity index (χ0n) is 8.42. The molecule has 1 atom stereocenters. The summed E-state index contributed by atoms with van der Waals surface area (Å²) in [5.41, 5.74) is 5.34. The number of nitrogens with zero attached hydrogens (tertiary/aromatic N) is 1. The molecule has 0 aromatic rings. The molecule has 3 N–H and O–H groups in total. The topological polar surface area (TPSA) is 101 Å². The van der Waals surface area contributed by atoms with Crippen molar-refractivity contribution in [2.75, 3.05) is 31.1 Å². The molecule has 1 saturated heterocycles. The van der Waals surface area contributed by atoms with Crippen LogP contribution in [0.5, 0.6) is 0 Å². The third-order valence-electron chi connectivity index (χ3n) is 2.51. The van der Waals surface area contributed by atoms with E-state index in [1.54, 1.807) is 0 Å². The number of hydrogen-bond donors (Lipinski definition) is 2. The average molecular weight is 236 g/mol. The van der Waals surface area contributed by atoms with Gasteiger partial charge in [-0.05, 0) is 6.42 Å². The van der Waals surface area contributed by atoms with Crippen LogP contribution in [-0.2, 0) is 14.6 Å². The Kier molecular flexibility index (Phi) is 4.06. The maximum atomic E-state index is 11.1. The Morgan fingerprint density at radius 2 is 1.93 bits per heavy atom. The fourth-order valence-electron chi connectivity index (χ4n) is 1.42. The quantitative estimate of drug-likeness (QED) is 0.617. The van der Waals surface area contributed by atoms with Gasteiger partial charge in [-0.15, -0.1) is 0 Å². The zero-order chi connectivity index (χ0) is 11.5. The summed E-state index contributed by atoms with van der Waals surface area (Å²) in [5.74, 6) is -0.690. The average Bonchev–Trinajstić information content (AvgIpc) is 2.15. The number of nitrogens with two attached hydrogens (primary N) is 1. The third kappa shape index (κ3) is 4.15. The van der Waals surface area contributed by atoms with E-state index < -0.39 is 21.8 Å². The Hall–Kier alpha value is -0.660. The van der Waals surface area contributed by atoms with Crippen LogP contribution in [0, 0.1) is 0 Å². The summed E-state index contributed by atoms with van der Waals surface area (Å²) in [7, 11) is -2.86. The van der Waals surface area contributed by atoms with Gasteiger partial charge in [-0.1, -0.05) is 0 Å². The molecular weight excluding hydrogens is 220 g/mol. The smallest absolute Gasteiger partial charge is 0.320 e. The summed E-state index contributed by atoms with van der Waals surface area (Å²) < 4.78 is 22.2. The fourth-order valence-corrected chi connectivity index (χ4v) is 2.70. The molecule has 1 rings (SSSR count). The van der Waals surface area contributed by atoms with Gasteiger partial charge in [0.05, 0.1) is 11.5 Å². The van der Waals surface area contributed by atoms with Crippen molar-refractivity contribution in [1.29, 1.82) is 0 Å². The van der Waals surface area contributed by atoms with Crippen molar-refractivity contribution in [2.24, 2.45) is 5.73 Å². The van der Waals surface area contributed by atoms with Crippen LogP contribution < -0.4 is 5.73 Å². The van der Waals surface area contributed by atoms with Crippen molar-refractivity contribution in [1.82, 2.24) is 4.90 Å². The van der Waals surface area contributed by atoms with Gasteiger partial charge in [0.25, 0.3) is 0 Å². The highest BCUT2D eigenvalue weighted by Crippen LogP contribution is 2.04. The van der Waals surface area contributed by atoms with Crippen LogP contribution in [0.25, 0.3) is 0 Å². The summed E-state index contributed by atoms with van der Waals surface area (Å²) in [5, 5.41) is 8.56. The monoisotopic (exact) mass is 236 g/mol. The van der Waals surface area contributed by atoms with Crippen LogP contribution in [0.2, 0.25) is 0 Å². The van der Waals surface area contributed by atoms with Gasteiger partial charge in [0.2, 0.25) is 0 Å². The van der Waals surface area contributed by atoms with Gasteiger partial charge >= 0.3 is 5.97 Å². The fraction of sp³-hybridized carbons (Fsp3) is 0.875. The van der Waals surface area contributed by atoms with E-state index in [2.05, 4.69) is 0 Å². The molecule has 0 aliphatic carbocycles. The highest BCUT2D eigenvalue weighted by Gasteiger charge is 2.22. The SMILES string of the molecule is NC(CCN1CCS(=O)(=O)CC1)C(=O)O. The molecule has 88 valence electrons. The number of rotatable bonds is 4. The lowest BCUT2D eigenvalue weighted by Crippen LogP contribution is -2.43. The number of carbonyl (C=O) groups is 1. The van der Waals surface area contributed by atoms with E-state index >= 15 is 0 Å². The van der Waals surface area contributed by atoms with Crippen LogP contribution in [0.4, 0.5) is 0 Å². The predicted molar refractivity (Wildman–Crippen MR) is 55.3 cm³/mol. The van der Waals surface area contributed by atoms with Gasteiger partial charge in [-0.25, -0.2) is 8.42 Å².